The van der Waals surface area contributed by atoms with Crippen LogP contribution in [0, 0.1) is 18.8 Å². The van der Waals surface area contributed by atoms with Gasteiger partial charge in [0, 0.05) is 5.56 Å². The van der Waals surface area contributed by atoms with E-state index in [4.69, 9.17) is 4.74 Å². The molecule has 0 spiro atoms. The van der Waals surface area contributed by atoms with Crippen LogP contribution in [0.3, 0.4) is 0 Å². The Hall–Kier alpha value is -2.98. The molecule has 130 valence electrons. The average molecular weight is 358 g/mol. The summed E-state index contributed by atoms with van der Waals surface area (Å²) >= 11 is 0. The number of urea groups is 1. The first-order valence-corrected chi connectivity index (χ1v) is 8.89. The lowest BCUT2D eigenvalue weighted by Crippen LogP contribution is -2.39. The molecule has 7 heteroatoms. The summed E-state index contributed by atoms with van der Waals surface area (Å²) < 4.78 is 31.1. The van der Waals surface area contributed by atoms with E-state index in [2.05, 4.69) is 17.2 Å². The summed E-state index contributed by atoms with van der Waals surface area (Å²) in [4.78, 5) is 11.7. The third-order valence-electron chi connectivity index (χ3n) is 3.22. The van der Waals surface area contributed by atoms with E-state index in [-0.39, 0.29) is 11.4 Å². The van der Waals surface area contributed by atoms with E-state index in [1.54, 1.807) is 43.5 Å². The molecule has 2 aromatic carbocycles. The first kappa shape index (κ1) is 18.4. The van der Waals surface area contributed by atoms with Gasteiger partial charge in [-0.15, -0.1) is 0 Å². The molecule has 6 nitrogen and oxygen atoms in total. The standard InChI is InChI=1S/C18H18N2O4S/c1-14-5-11-17(12-6-14)25(22,23)20-18(21)19-13-3-4-15-7-9-16(24-2)10-8-15/h5-12H,13H2,1-2H3,(H2,19,20,21). The Morgan fingerprint density at radius 3 is 2.32 bits per heavy atom. The van der Waals surface area contributed by atoms with Gasteiger partial charge in [-0.2, -0.15) is 0 Å². The van der Waals surface area contributed by atoms with Crippen molar-refractivity contribution >= 4 is 16.1 Å². The SMILES string of the molecule is COc1ccc(C#CCNC(=O)NS(=O)(=O)c2ccc(C)cc2)cc1. The van der Waals surface area contributed by atoms with Gasteiger partial charge in [-0.25, -0.2) is 17.9 Å². The lowest BCUT2D eigenvalue weighted by molar-refractivity contribution is 0.247. The Morgan fingerprint density at radius 2 is 1.72 bits per heavy atom. The lowest BCUT2D eigenvalue weighted by Gasteiger charge is -2.07. The van der Waals surface area contributed by atoms with Crippen molar-refractivity contribution in [2.24, 2.45) is 0 Å². The molecular formula is C18H18N2O4S. The van der Waals surface area contributed by atoms with Gasteiger partial charge in [-0.3, -0.25) is 0 Å². The molecule has 2 amide bonds. The number of carbonyl (C=O) groups excluding carboxylic acids is 1. The second kappa shape index (κ2) is 8.22. The molecule has 0 bridgehead atoms. The summed E-state index contributed by atoms with van der Waals surface area (Å²) in [7, 11) is -2.32. The van der Waals surface area contributed by atoms with Crippen LogP contribution in [0.5, 0.6) is 5.75 Å². The number of aryl methyl sites for hydroxylation is 1. The highest BCUT2D eigenvalue weighted by Crippen LogP contribution is 2.10. The number of nitrogens with one attached hydrogen (secondary N) is 2. The molecule has 2 N–H and O–H groups in total. The van der Waals surface area contributed by atoms with Gasteiger partial charge >= 0.3 is 6.03 Å². The van der Waals surface area contributed by atoms with Crippen LogP contribution in [0.2, 0.25) is 0 Å². The number of carbonyl (C=O) groups is 1. The number of hydrogen-bond donors (Lipinski definition) is 2. The Balaban J connectivity index is 1.88. The summed E-state index contributed by atoms with van der Waals surface area (Å²) in [6.07, 6.45) is 0. The molecule has 0 unspecified atom stereocenters. The molecule has 0 atom stereocenters. The number of hydrogen-bond acceptors (Lipinski definition) is 4. The number of benzene rings is 2. The topological polar surface area (TPSA) is 84.5 Å². The lowest BCUT2D eigenvalue weighted by atomic mass is 10.2. The molecule has 0 aliphatic carbocycles. The zero-order chi connectivity index (χ0) is 18.3. The van der Waals surface area contributed by atoms with E-state index in [1.807, 2.05) is 11.6 Å². The summed E-state index contributed by atoms with van der Waals surface area (Å²) in [6, 6.07) is 12.5. The molecule has 0 radical (unpaired) electrons. The van der Waals surface area contributed by atoms with E-state index in [9.17, 15) is 13.2 Å². The average Bonchev–Trinajstić information content (AvgIpc) is 2.59. The fourth-order valence-corrected chi connectivity index (χ4v) is 2.81. The minimum Gasteiger partial charge on any atom is -0.497 e. The van der Waals surface area contributed by atoms with Crippen LogP contribution in [0.15, 0.2) is 53.4 Å². The monoisotopic (exact) mass is 358 g/mol. The Morgan fingerprint density at radius 1 is 1.08 bits per heavy atom. The predicted molar refractivity (Wildman–Crippen MR) is 94.8 cm³/mol. The van der Waals surface area contributed by atoms with Crippen LogP contribution < -0.4 is 14.8 Å². The molecule has 2 aromatic rings. The zero-order valence-electron chi connectivity index (χ0n) is 13.9. The van der Waals surface area contributed by atoms with Crippen LogP contribution in [-0.2, 0) is 10.0 Å². The van der Waals surface area contributed by atoms with Crippen molar-refractivity contribution in [3.05, 3.63) is 59.7 Å². The zero-order valence-corrected chi connectivity index (χ0v) is 14.7. The van der Waals surface area contributed by atoms with Gasteiger partial charge in [0.05, 0.1) is 18.6 Å². The van der Waals surface area contributed by atoms with Gasteiger partial charge in [-0.1, -0.05) is 29.5 Å². The van der Waals surface area contributed by atoms with Gasteiger partial charge in [0.25, 0.3) is 10.0 Å². The molecule has 2 rings (SSSR count). The predicted octanol–water partition coefficient (Wildman–Crippen LogP) is 2.04. The maximum absolute atomic E-state index is 12.0. The van der Waals surface area contributed by atoms with Crippen molar-refractivity contribution < 1.29 is 17.9 Å². The molecule has 25 heavy (non-hydrogen) atoms. The van der Waals surface area contributed by atoms with E-state index >= 15 is 0 Å². The maximum atomic E-state index is 12.0. The van der Waals surface area contributed by atoms with Crippen molar-refractivity contribution in [1.82, 2.24) is 10.0 Å². The van der Waals surface area contributed by atoms with Crippen LogP contribution in [-0.4, -0.2) is 28.1 Å². The fourth-order valence-electron chi connectivity index (χ4n) is 1.88. The first-order valence-electron chi connectivity index (χ1n) is 7.41. The minimum absolute atomic E-state index is 0.0152. The third kappa shape index (κ3) is 5.55. The quantitative estimate of drug-likeness (QED) is 0.819. The van der Waals surface area contributed by atoms with Crippen molar-refractivity contribution in [2.75, 3.05) is 13.7 Å². The molecule has 0 fully saturated rings. The molecular weight excluding hydrogens is 340 g/mol. The molecule has 0 aliphatic heterocycles. The Bertz CT molecular complexity index is 893. The second-order valence-corrected chi connectivity index (χ2v) is 6.81. The largest absolute Gasteiger partial charge is 0.497 e. The normalized spacial score (nSPS) is 10.3. The van der Waals surface area contributed by atoms with E-state index in [0.29, 0.717) is 0 Å². The summed E-state index contributed by atoms with van der Waals surface area (Å²) in [5.41, 5.74) is 1.69. The molecule has 0 aromatic heterocycles. The number of amides is 2. The smallest absolute Gasteiger partial charge is 0.329 e. The van der Waals surface area contributed by atoms with Gasteiger partial charge in [0.15, 0.2) is 0 Å². The summed E-state index contributed by atoms with van der Waals surface area (Å²) in [6.45, 7) is 1.86. The van der Waals surface area contributed by atoms with Crippen LogP contribution in [0.25, 0.3) is 0 Å². The number of methoxy groups -OCH3 is 1. The maximum Gasteiger partial charge on any atom is 0.329 e. The fraction of sp³-hybridized carbons (Fsp3) is 0.167. The molecule has 0 saturated heterocycles. The minimum atomic E-state index is -3.90. The van der Waals surface area contributed by atoms with Gasteiger partial charge < -0.3 is 10.1 Å². The van der Waals surface area contributed by atoms with Gasteiger partial charge in [0.1, 0.15) is 5.75 Å². The van der Waals surface area contributed by atoms with Crippen LogP contribution >= 0.6 is 0 Å². The summed E-state index contributed by atoms with van der Waals surface area (Å²) in [5, 5.41) is 2.39. The number of sulfonamides is 1. The van der Waals surface area contributed by atoms with Gasteiger partial charge in [0.2, 0.25) is 0 Å². The van der Waals surface area contributed by atoms with Crippen molar-refractivity contribution in [1.29, 1.82) is 0 Å². The van der Waals surface area contributed by atoms with E-state index in [0.717, 1.165) is 16.9 Å². The van der Waals surface area contributed by atoms with E-state index in [1.165, 1.54) is 12.1 Å². The van der Waals surface area contributed by atoms with Crippen molar-refractivity contribution in [3.8, 4) is 17.6 Å². The van der Waals surface area contributed by atoms with Crippen molar-refractivity contribution in [2.45, 2.75) is 11.8 Å². The van der Waals surface area contributed by atoms with Gasteiger partial charge in [-0.05, 0) is 43.3 Å². The Labute approximate surface area is 147 Å². The van der Waals surface area contributed by atoms with Crippen LogP contribution in [0.1, 0.15) is 11.1 Å². The highest BCUT2D eigenvalue weighted by atomic mass is 32.2. The first-order chi connectivity index (χ1) is 11.9. The highest BCUT2D eigenvalue weighted by molar-refractivity contribution is 7.90. The number of rotatable bonds is 4. The molecule has 0 saturated carbocycles. The van der Waals surface area contributed by atoms with Crippen molar-refractivity contribution in [3.63, 3.8) is 0 Å². The molecule has 0 aliphatic rings. The second-order valence-electron chi connectivity index (χ2n) is 5.13. The highest BCUT2D eigenvalue weighted by Gasteiger charge is 2.16. The third-order valence-corrected chi connectivity index (χ3v) is 4.57. The summed E-state index contributed by atoms with van der Waals surface area (Å²) in [5.74, 6) is 6.33. The van der Waals surface area contributed by atoms with E-state index < -0.39 is 16.1 Å². The molecule has 0 heterocycles. The Kier molecular flexibility index (Phi) is 6.03. The number of ether oxygens (including phenoxy) is 1. The van der Waals surface area contributed by atoms with Crippen LogP contribution in [0.4, 0.5) is 4.79 Å².